The van der Waals surface area contributed by atoms with E-state index in [2.05, 4.69) is 28.1 Å². The number of carbonyl (C=O) groups is 1. The number of halogens is 1. The summed E-state index contributed by atoms with van der Waals surface area (Å²) >= 11 is 7.98. The predicted octanol–water partition coefficient (Wildman–Crippen LogP) is 4.99. The van der Waals surface area contributed by atoms with Crippen molar-refractivity contribution in [2.45, 2.75) is 26.7 Å². The number of anilines is 1. The largest absolute Gasteiger partial charge is 0.494 e. The van der Waals surface area contributed by atoms with E-state index in [1.807, 2.05) is 37.3 Å². The molecule has 0 spiro atoms. The van der Waals surface area contributed by atoms with Gasteiger partial charge in [-0.25, -0.2) is 4.98 Å². The summed E-state index contributed by atoms with van der Waals surface area (Å²) in [4.78, 5) is 22.0. The highest BCUT2D eigenvalue weighted by Gasteiger charge is 2.20. The summed E-state index contributed by atoms with van der Waals surface area (Å²) in [7, 11) is 0. The lowest BCUT2D eigenvalue weighted by Crippen LogP contribution is -2.48. The molecule has 1 saturated heterocycles. The summed E-state index contributed by atoms with van der Waals surface area (Å²) in [5.41, 5.74) is 2.71. The van der Waals surface area contributed by atoms with Crippen LogP contribution in [-0.2, 0) is 0 Å². The van der Waals surface area contributed by atoms with Crippen LogP contribution >= 0.6 is 22.9 Å². The van der Waals surface area contributed by atoms with E-state index in [9.17, 15) is 4.79 Å². The molecule has 0 unspecified atom stereocenters. The summed E-state index contributed by atoms with van der Waals surface area (Å²) in [6.45, 7) is 10.1. The Labute approximate surface area is 204 Å². The Morgan fingerprint density at radius 1 is 1.15 bits per heavy atom. The smallest absolute Gasteiger partial charge is 0.251 e. The predicted molar refractivity (Wildman–Crippen MR) is 137 cm³/mol. The van der Waals surface area contributed by atoms with Crippen LogP contribution in [0.25, 0.3) is 10.2 Å². The van der Waals surface area contributed by atoms with E-state index in [4.69, 9.17) is 21.3 Å². The maximum atomic E-state index is 12.4. The summed E-state index contributed by atoms with van der Waals surface area (Å²) in [6.07, 6.45) is 2.14. The number of fused-ring (bicyclic) bond motifs is 1. The first kappa shape index (κ1) is 23.8. The highest BCUT2D eigenvalue weighted by molar-refractivity contribution is 7.22. The van der Waals surface area contributed by atoms with Gasteiger partial charge in [0.2, 0.25) is 0 Å². The lowest BCUT2D eigenvalue weighted by Gasteiger charge is -2.34. The molecule has 2 aromatic carbocycles. The maximum Gasteiger partial charge on any atom is 0.251 e. The molecular weight excluding hydrogens is 456 g/mol. The van der Waals surface area contributed by atoms with Gasteiger partial charge < -0.3 is 15.0 Å². The second kappa shape index (κ2) is 11.2. The molecule has 0 saturated carbocycles. The van der Waals surface area contributed by atoms with Crippen LogP contribution in [0.4, 0.5) is 5.13 Å². The number of carbonyl (C=O) groups excluding carboxylic acids is 1. The molecule has 0 radical (unpaired) electrons. The van der Waals surface area contributed by atoms with Gasteiger partial charge in [0.25, 0.3) is 5.91 Å². The Balaban J connectivity index is 1.21. The number of unbranched alkanes of at least 4 members (excludes halogenated alkanes) is 1. The van der Waals surface area contributed by atoms with Gasteiger partial charge in [0, 0.05) is 49.9 Å². The van der Waals surface area contributed by atoms with Gasteiger partial charge in [-0.05, 0) is 55.3 Å². The number of aryl methyl sites for hydroxylation is 1. The Morgan fingerprint density at radius 3 is 2.64 bits per heavy atom. The standard InChI is InChI=1S/C25H31ClN4O2S/c1-3-4-17-32-20-7-5-19(6-8-20)24(31)27-11-12-29-13-15-30(16-14-29)25-28-23-18(2)21(26)9-10-22(23)33-25/h5-10H,3-4,11-17H2,1-2H3,(H,27,31). The molecule has 2 heterocycles. The van der Waals surface area contributed by atoms with E-state index in [0.29, 0.717) is 18.7 Å². The second-order valence-electron chi connectivity index (χ2n) is 8.33. The Bertz CT molecular complexity index is 1080. The number of hydrogen-bond acceptors (Lipinski definition) is 6. The lowest BCUT2D eigenvalue weighted by atomic mass is 10.2. The minimum Gasteiger partial charge on any atom is -0.494 e. The maximum absolute atomic E-state index is 12.4. The first-order valence-corrected chi connectivity index (χ1v) is 12.8. The van der Waals surface area contributed by atoms with Crippen LogP contribution in [0, 0.1) is 6.92 Å². The molecular formula is C25H31ClN4O2S. The van der Waals surface area contributed by atoms with Crippen molar-refractivity contribution in [3.05, 3.63) is 52.5 Å². The number of aromatic nitrogens is 1. The molecule has 0 atom stereocenters. The van der Waals surface area contributed by atoms with Crippen molar-refractivity contribution in [2.75, 3.05) is 50.8 Å². The van der Waals surface area contributed by atoms with Crippen LogP contribution in [0.5, 0.6) is 5.75 Å². The molecule has 1 aliphatic heterocycles. The van der Waals surface area contributed by atoms with Crippen molar-refractivity contribution in [3.8, 4) is 5.75 Å². The summed E-state index contributed by atoms with van der Waals surface area (Å²) in [5, 5.41) is 4.86. The fourth-order valence-electron chi connectivity index (χ4n) is 3.85. The lowest BCUT2D eigenvalue weighted by molar-refractivity contribution is 0.0947. The second-order valence-corrected chi connectivity index (χ2v) is 9.74. The van der Waals surface area contributed by atoms with E-state index in [1.54, 1.807) is 11.3 Å². The Hall–Kier alpha value is -2.35. The molecule has 8 heteroatoms. The van der Waals surface area contributed by atoms with Crippen molar-refractivity contribution in [3.63, 3.8) is 0 Å². The van der Waals surface area contributed by atoms with Gasteiger partial charge in [-0.2, -0.15) is 0 Å². The molecule has 1 N–H and O–H groups in total. The number of hydrogen-bond donors (Lipinski definition) is 1. The van der Waals surface area contributed by atoms with Crippen molar-refractivity contribution in [1.82, 2.24) is 15.2 Å². The molecule has 0 aliphatic carbocycles. The average molecular weight is 487 g/mol. The third-order valence-electron chi connectivity index (χ3n) is 5.98. The fraction of sp³-hybridized carbons (Fsp3) is 0.440. The van der Waals surface area contributed by atoms with E-state index in [-0.39, 0.29) is 5.91 Å². The minimum atomic E-state index is -0.0442. The van der Waals surface area contributed by atoms with Gasteiger partial charge in [0.1, 0.15) is 5.75 Å². The van der Waals surface area contributed by atoms with Gasteiger partial charge in [0.15, 0.2) is 5.13 Å². The normalized spacial score (nSPS) is 14.6. The highest BCUT2D eigenvalue weighted by atomic mass is 35.5. The summed E-state index contributed by atoms with van der Waals surface area (Å²) in [6, 6.07) is 11.4. The Morgan fingerprint density at radius 2 is 1.91 bits per heavy atom. The number of benzene rings is 2. The minimum absolute atomic E-state index is 0.0442. The first-order chi connectivity index (χ1) is 16.0. The summed E-state index contributed by atoms with van der Waals surface area (Å²) in [5.74, 6) is 0.765. The van der Waals surface area contributed by atoms with Crippen molar-refractivity contribution >= 4 is 44.2 Å². The molecule has 176 valence electrons. The van der Waals surface area contributed by atoms with Gasteiger partial charge in [-0.1, -0.05) is 36.3 Å². The van der Waals surface area contributed by atoms with Crippen LogP contribution in [-0.4, -0.2) is 61.7 Å². The molecule has 3 aromatic rings. The van der Waals surface area contributed by atoms with Crippen LogP contribution in [0.3, 0.4) is 0 Å². The third kappa shape index (κ3) is 5.96. The number of nitrogens with one attached hydrogen (secondary N) is 1. The van der Waals surface area contributed by atoms with Crippen molar-refractivity contribution in [2.24, 2.45) is 0 Å². The number of ether oxygens (including phenoxy) is 1. The SMILES string of the molecule is CCCCOc1ccc(C(=O)NCCN2CCN(c3nc4c(C)c(Cl)ccc4s3)CC2)cc1. The average Bonchev–Trinajstić information content (AvgIpc) is 3.28. The van der Waals surface area contributed by atoms with Crippen molar-refractivity contribution in [1.29, 1.82) is 0 Å². The van der Waals surface area contributed by atoms with E-state index in [1.165, 1.54) is 4.70 Å². The van der Waals surface area contributed by atoms with Crippen molar-refractivity contribution < 1.29 is 9.53 Å². The molecule has 33 heavy (non-hydrogen) atoms. The quantitative estimate of drug-likeness (QED) is 0.432. The monoisotopic (exact) mass is 486 g/mol. The number of rotatable bonds is 9. The van der Waals surface area contributed by atoms with Crippen LogP contribution in [0.15, 0.2) is 36.4 Å². The molecule has 1 aromatic heterocycles. The number of piperazine rings is 1. The van der Waals surface area contributed by atoms with Gasteiger partial charge in [-0.3, -0.25) is 9.69 Å². The molecule has 4 rings (SSSR count). The highest BCUT2D eigenvalue weighted by Crippen LogP contribution is 2.33. The van der Waals surface area contributed by atoms with Gasteiger partial charge >= 0.3 is 0 Å². The Kier molecular flexibility index (Phi) is 8.06. The molecule has 1 fully saturated rings. The van der Waals surface area contributed by atoms with E-state index >= 15 is 0 Å². The number of amides is 1. The van der Waals surface area contributed by atoms with Gasteiger partial charge in [0.05, 0.1) is 16.8 Å². The third-order valence-corrected chi connectivity index (χ3v) is 7.47. The van der Waals surface area contributed by atoms with E-state index < -0.39 is 0 Å². The van der Waals surface area contributed by atoms with Crippen LogP contribution < -0.4 is 15.0 Å². The number of thiazole rings is 1. The number of nitrogens with zero attached hydrogens (tertiary/aromatic N) is 3. The first-order valence-electron chi connectivity index (χ1n) is 11.6. The van der Waals surface area contributed by atoms with Crippen LogP contribution in [0.1, 0.15) is 35.7 Å². The summed E-state index contributed by atoms with van der Waals surface area (Å²) < 4.78 is 6.84. The molecule has 1 amide bonds. The topological polar surface area (TPSA) is 57.7 Å². The fourth-order valence-corrected chi connectivity index (χ4v) is 5.08. The zero-order chi connectivity index (χ0) is 23.2. The van der Waals surface area contributed by atoms with E-state index in [0.717, 1.165) is 72.5 Å². The zero-order valence-electron chi connectivity index (χ0n) is 19.3. The van der Waals surface area contributed by atoms with Crippen LogP contribution in [0.2, 0.25) is 5.02 Å². The molecule has 0 bridgehead atoms. The van der Waals surface area contributed by atoms with Gasteiger partial charge in [-0.15, -0.1) is 0 Å². The molecule has 1 aliphatic rings. The molecule has 6 nitrogen and oxygen atoms in total. The zero-order valence-corrected chi connectivity index (χ0v) is 20.8.